The molecule has 0 bridgehead atoms. The van der Waals surface area contributed by atoms with Gasteiger partial charge in [0.1, 0.15) is 6.61 Å². The molecular formula is C32H36N4O4. The Bertz CT molecular complexity index is 1420. The Kier molecular flexibility index (Phi) is 9.11. The monoisotopic (exact) mass is 540 g/mol. The molecule has 0 spiro atoms. The number of benzene rings is 2. The minimum absolute atomic E-state index is 0.00698. The molecule has 5 rings (SSSR count). The smallest absolute Gasteiger partial charge is 0.407 e. The van der Waals surface area contributed by atoms with Crippen molar-refractivity contribution in [1.82, 2.24) is 20.7 Å². The molecule has 208 valence electrons. The molecule has 2 aliphatic carbocycles. The number of ether oxygens (including phenoxy) is 1. The van der Waals surface area contributed by atoms with E-state index < -0.39 is 5.91 Å². The van der Waals surface area contributed by atoms with Crippen LogP contribution in [-0.4, -0.2) is 53.3 Å². The molecule has 2 amide bonds. The summed E-state index contributed by atoms with van der Waals surface area (Å²) in [5, 5.41) is 12.9. The molecule has 1 heterocycles. The quantitative estimate of drug-likeness (QED) is 0.156. The summed E-state index contributed by atoms with van der Waals surface area (Å²) in [4.78, 5) is 29.6. The number of alkyl carbamates (subject to hydrolysis) is 1. The molecule has 0 radical (unpaired) electrons. The predicted molar refractivity (Wildman–Crippen MR) is 155 cm³/mol. The number of nitrogens with zero attached hydrogens (tertiary/aromatic N) is 1. The van der Waals surface area contributed by atoms with E-state index in [9.17, 15) is 9.59 Å². The van der Waals surface area contributed by atoms with Crippen molar-refractivity contribution in [3.05, 3.63) is 107 Å². The average Bonchev–Trinajstić information content (AvgIpc) is 3.59. The molecule has 0 fully saturated rings. The van der Waals surface area contributed by atoms with Gasteiger partial charge in [0.05, 0.1) is 6.04 Å². The third-order valence-corrected chi connectivity index (χ3v) is 7.69. The first-order valence-electron chi connectivity index (χ1n) is 13.9. The van der Waals surface area contributed by atoms with Crippen LogP contribution in [-0.2, 0) is 22.4 Å². The van der Waals surface area contributed by atoms with Crippen LogP contribution < -0.4 is 10.8 Å². The van der Waals surface area contributed by atoms with Crippen LogP contribution in [0.3, 0.4) is 0 Å². The number of allylic oxidation sites excluding steroid dienone is 4. The maximum atomic E-state index is 12.6. The molecule has 3 aromatic rings. The number of carbonyl (C=O) groups excluding carboxylic acids is 2. The van der Waals surface area contributed by atoms with Crippen molar-refractivity contribution in [1.29, 1.82) is 0 Å². The second-order valence-corrected chi connectivity index (χ2v) is 10.3. The number of para-hydroxylation sites is 1. The summed E-state index contributed by atoms with van der Waals surface area (Å²) in [5.74, 6) is -0.253. The molecule has 2 atom stereocenters. The number of aryl methyl sites for hydroxylation is 1. The second kappa shape index (κ2) is 13.3. The Morgan fingerprint density at radius 1 is 1.12 bits per heavy atom. The molecule has 40 heavy (non-hydrogen) atoms. The summed E-state index contributed by atoms with van der Waals surface area (Å²) >= 11 is 0. The number of hydrogen-bond donors (Lipinski definition) is 4. The lowest BCUT2D eigenvalue weighted by Crippen LogP contribution is -2.36. The van der Waals surface area contributed by atoms with Gasteiger partial charge < -0.3 is 15.0 Å². The molecule has 8 nitrogen and oxygen atoms in total. The van der Waals surface area contributed by atoms with E-state index in [0.29, 0.717) is 19.1 Å². The molecule has 4 N–H and O–H groups in total. The van der Waals surface area contributed by atoms with E-state index >= 15 is 0 Å². The maximum Gasteiger partial charge on any atom is 0.407 e. The van der Waals surface area contributed by atoms with Gasteiger partial charge in [-0.25, -0.2) is 10.3 Å². The second-order valence-electron chi connectivity index (χ2n) is 10.3. The Balaban J connectivity index is 1.16. The minimum Gasteiger partial charge on any atom is -0.448 e. The number of nitrogens with one attached hydrogen (secondary N) is 3. The summed E-state index contributed by atoms with van der Waals surface area (Å²) in [6, 6.07) is 16.6. The van der Waals surface area contributed by atoms with Gasteiger partial charge in [-0.1, -0.05) is 60.7 Å². The van der Waals surface area contributed by atoms with Crippen molar-refractivity contribution in [2.45, 2.75) is 31.7 Å². The van der Waals surface area contributed by atoms with Crippen molar-refractivity contribution in [2.24, 2.45) is 5.92 Å². The number of aromatic nitrogens is 1. The third-order valence-electron chi connectivity index (χ3n) is 7.69. The van der Waals surface area contributed by atoms with E-state index in [0.717, 1.165) is 49.9 Å². The Morgan fingerprint density at radius 3 is 2.83 bits per heavy atom. The van der Waals surface area contributed by atoms with E-state index in [4.69, 9.17) is 9.94 Å². The highest BCUT2D eigenvalue weighted by Gasteiger charge is 2.24. The predicted octanol–water partition coefficient (Wildman–Crippen LogP) is 4.99. The number of aromatic amines is 1. The zero-order valence-electron chi connectivity index (χ0n) is 22.5. The SMILES string of the molecule is O=C(/C=C/C1=CCC(CN(CCOC(=O)NC2CCc3ccccc32)CCc2c[nH]c3ccccc23)C=C1)NO. The lowest BCUT2D eigenvalue weighted by atomic mass is 9.95. The maximum absolute atomic E-state index is 12.6. The molecule has 2 aliphatic rings. The van der Waals surface area contributed by atoms with Crippen molar-refractivity contribution < 1.29 is 19.5 Å². The molecule has 2 unspecified atom stereocenters. The normalized spacial score (nSPS) is 18.2. The van der Waals surface area contributed by atoms with Gasteiger partial charge in [0.25, 0.3) is 5.91 Å². The van der Waals surface area contributed by atoms with Crippen LogP contribution in [0.5, 0.6) is 0 Å². The van der Waals surface area contributed by atoms with Crippen molar-refractivity contribution >= 4 is 22.9 Å². The van der Waals surface area contributed by atoms with E-state index in [2.05, 4.69) is 63.9 Å². The highest BCUT2D eigenvalue weighted by Crippen LogP contribution is 2.30. The molecule has 2 aromatic carbocycles. The van der Waals surface area contributed by atoms with Gasteiger partial charge in [-0.3, -0.25) is 14.9 Å². The van der Waals surface area contributed by atoms with Crippen LogP contribution in [0.15, 0.2) is 90.7 Å². The zero-order chi connectivity index (χ0) is 27.7. The number of hydrogen-bond acceptors (Lipinski definition) is 5. The Labute approximate surface area is 234 Å². The summed E-state index contributed by atoms with van der Waals surface area (Å²) in [5.41, 5.74) is 7.41. The first-order chi connectivity index (χ1) is 19.6. The van der Waals surface area contributed by atoms with Crippen LogP contribution in [0.1, 0.15) is 35.6 Å². The number of carbonyl (C=O) groups is 2. The minimum atomic E-state index is -0.555. The molecule has 8 heteroatoms. The molecule has 1 aromatic heterocycles. The molecular weight excluding hydrogens is 504 g/mol. The van der Waals surface area contributed by atoms with Crippen molar-refractivity contribution in [3.63, 3.8) is 0 Å². The first kappa shape index (κ1) is 27.4. The van der Waals surface area contributed by atoms with Crippen molar-refractivity contribution in [2.75, 3.05) is 26.2 Å². The van der Waals surface area contributed by atoms with Crippen LogP contribution >= 0.6 is 0 Å². The molecule has 0 aliphatic heterocycles. The highest BCUT2D eigenvalue weighted by atomic mass is 16.5. The van der Waals surface area contributed by atoms with Crippen LogP contribution in [0.25, 0.3) is 10.9 Å². The van der Waals surface area contributed by atoms with E-state index in [1.54, 1.807) is 11.6 Å². The first-order valence-corrected chi connectivity index (χ1v) is 13.9. The highest BCUT2D eigenvalue weighted by molar-refractivity contribution is 5.87. The molecule has 0 saturated heterocycles. The standard InChI is InChI=1S/C32H36N4O4/c37-31(35-39)16-13-23-9-11-24(12-10-23)22-36(18-17-26-21-33-29-8-4-3-7-28(26)29)19-20-40-32(38)34-30-15-14-25-5-1-2-6-27(25)30/h1-11,13,16,21,24,30,33,39H,12,14-15,17-20,22H2,(H,34,38)(H,35,37)/b16-13+. The van der Waals surface area contributed by atoms with E-state index in [1.807, 2.05) is 24.3 Å². The van der Waals surface area contributed by atoms with Gasteiger partial charge in [0.15, 0.2) is 0 Å². The Morgan fingerprint density at radius 2 is 1.98 bits per heavy atom. The topological polar surface area (TPSA) is 107 Å². The van der Waals surface area contributed by atoms with Gasteiger partial charge in [-0.2, -0.15) is 0 Å². The average molecular weight is 541 g/mol. The number of amides is 2. The van der Waals surface area contributed by atoms with Gasteiger partial charge in [0, 0.05) is 42.8 Å². The Hall–Kier alpha value is -4.14. The zero-order valence-corrected chi connectivity index (χ0v) is 22.5. The van der Waals surface area contributed by atoms with Gasteiger partial charge in [-0.05, 0) is 66.0 Å². The summed E-state index contributed by atoms with van der Waals surface area (Å²) in [6.45, 7) is 2.60. The summed E-state index contributed by atoms with van der Waals surface area (Å²) in [6.07, 6.45) is 14.5. The number of hydroxylamine groups is 1. The fraction of sp³-hybridized carbons (Fsp3) is 0.312. The number of rotatable bonds is 11. The number of H-pyrrole nitrogens is 1. The van der Waals surface area contributed by atoms with E-state index in [-0.39, 0.29) is 12.1 Å². The summed E-state index contributed by atoms with van der Waals surface area (Å²) in [7, 11) is 0. The fourth-order valence-electron chi connectivity index (χ4n) is 5.55. The molecule has 0 saturated carbocycles. The lowest BCUT2D eigenvalue weighted by molar-refractivity contribution is -0.124. The van der Waals surface area contributed by atoms with Crippen LogP contribution in [0.2, 0.25) is 0 Å². The van der Waals surface area contributed by atoms with Gasteiger partial charge in [-0.15, -0.1) is 0 Å². The van der Waals surface area contributed by atoms with Crippen LogP contribution in [0.4, 0.5) is 4.79 Å². The summed E-state index contributed by atoms with van der Waals surface area (Å²) < 4.78 is 5.63. The van der Waals surface area contributed by atoms with Crippen LogP contribution in [0, 0.1) is 5.92 Å². The van der Waals surface area contributed by atoms with E-state index in [1.165, 1.54) is 28.2 Å². The van der Waals surface area contributed by atoms with Crippen molar-refractivity contribution in [3.8, 4) is 0 Å². The van der Waals surface area contributed by atoms with Gasteiger partial charge >= 0.3 is 6.09 Å². The number of fused-ring (bicyclic) bond motifs is 2. The van der Waals surface area contributed by atoms with Gasteiger partial charge in [0.2, 0.25) is 0 Å². The third kappa shape index (κ3) is 7.08. The fourth-order valence-corrected chi connectivity index (χ4v) is 5.55. The lowest BCUT2D eigenvalue weighted by Gasteiger charge is -2.27. The largest absolute Gasteiger partial charge is 0.448 e.